The van der Waals surface area contributed by atoms with Gasteiger partial charge in [0.1, 0.15) is 5.75 Å². The zero-order chi connectivity index (χ0) is 12.1. The Labute approximate surface area is 95.9 Å². The van der Waals surface area contributed by atoms with Crippen molar-refractivity contribution < 1.29 is 9.90 Å². The number of carbonyl (C=O) groups is 1. The summed E-state index contributed by atoms with van der Waals surface area (Å²) in [6.45, 7) is 4.51. The molecule has 0 unspecified atom stereocenters. The van der Waals surface area contributed by atoms with Crippen LogP contribution in [-0.4, -0.2) is 29.6 Å². The SMILES string of the molecule is CCN(C)C(=O)N[C@@H](C)c1ccc(O)cc1. The molecule has 4 heteroatoms. The molecule has 1 atom stereocenters. The van der Waals surface area contributed by atoms with E-state index in [-0.39, 0.29) is 17.8 Å². The van der Waals surface area contributed by atoms with Gasteiger partial charge < -0.3 is 15.3 Å². The summed E-state index contributed by atoms with van der Waals surface area (Å²) in [5.74, 6) is 0.230. The van der Waals surface area contributed by atoms with Crippen molar-refractivity contribution in [2.75, 3.05) is 13.6 Å². The Hall–Kier alpha value is -1.71. The molecule has 0 radical (unpaired) electrons. The van der Waals surface area contributed by atoms with Crippen LogP contribution in [0.3, 0.4) is 0 Å². The summed E-state index contributed by atoms with van der Waals surface area (Å²) in [4.78, 5) is 13.2. The van der Waals surface area contributed by atoms with Crippen LogP contribution in [0.25, 0.3) is 0 Å². The van der Waals surface area contributed by atoms with E-state index in [1.807, 2.05) is 13.8 Å². The highest BCUT2D eigenvalue weighted by Crippen LogP contribution is 2.16. The third kappa shape index (κ3) is 3.15. The van der Waals surface area contributed by atoms with E-state index in [9.17, 15) is 4.79 Å². The van der Waals surface area contributed by atoms with E-state index >= 15 is 0 Å². The van der Waals surface area contributed by atoms with Crippen molar-refractivity contribution in [2.24, 2.45) is 0 Å². The molecule has 0 spiro atoms. The Kier molecular flexibility index (Phi) is 4.17. The standard InChI is InChI=1S/C12H18N2O2/c1-4-14(3)12(16)13-9(2)10-5-7-11(15)8-6-10/h5-9,15H,4H2,1-3H3,(H,13,16)/t9-/m0/s1. The largest absolute Gasteiger partial charge is 0.508 e. The van der Waals surface area contributed by atoms with E-state index in [2.05, 4.69) is 5.32 Å². The first-order valence-electron chi connectivity index (χ1n) is 5.35. The normalized spacial score (nSPS) is 11.9. The first-order valence-corrected chi connectivity index (χ1v) is 5.35. The Morgan fingerprint density at radius 1 is 1.44 bits per heavy atom. The minimum atomic E-state index is -0.0944. The molecule has 0 saturated carbocycles. The van der Waals surface area contributed by atoms with E-state index < -0.39 is 0 Å². The highest BCUT2D eigenvalue weighted by Gasteiger charge is 2.11. The molecule has 88 valence electrons. The van der Waals surface area contributed by atoms with Crippen LogP contribution in [0, 0.1) is 0 Å². The Bertz CT molecular complexity index is 349. The summed E-state index contributed by atoms with van der Waals surface area (Å²) in [5, 5.41) is 12.0. The van der Waals surface area contributed by atoms with Crippen molar-refractivity contribution in [3.05, 3.63) is 29.8 Å². The highest BCUT2D eigenvalue weighted by molar-refractivity contribution is 5.74. The fourth-order valence-corrected chi connectivity index (χ4v) is 1.29. The first kappa shape index (κ1) is 12.4. The van der Waals surface area contributed by atoms with Gasteiger partial charge in [0.25, 0.3) is 0 Å². The molecule has 0 aromatic heterocycles. The van der Waals surface area contributed by atoms with Gasteiger partial charge in [-0.25, -0.2) is 4.79 Å². The van der Waals surface area contributed by atoms with E-state index in [1.165, 1.54) is 0 Å². The van der Waals surface area contributed by atoms with Crippen LogP contribution in [0.2, 0.25) is 0 Å². The second kappa shape index (κ2) is 5.39. The summed E-state index contributed by atoms with van der Waals surface area (Å²) >= 11 is 0. The van der Waals surface area contributed by atoms with Gasteiger partial charge in [-0.1, -0.05) is 12.1 Å². The lowest BCUT2D eigenvalue weighted by Gasteiger charge is -2.20. The second-order valence-corrected chi connectivity index (χ2v) is 3.78. The lowest BCUT2D eigenvalue weighted by Crippen LogP contribution is -2.38. The molecule has 0 aliphatic carbocycles. The number of aromatic hydroxyl groups is 1. The lowest BCUT2D eigenvalue weighted by atomic mass is 10.1. The summed E-state index contributed by atoms with van der Waals surface area (Å²) < 4.78 is 0. The maximum atomic E-state index is 11.6. The number of benzene rings is 1. The fraction of sp³-hybridized carbons (Fsp3) is 0.417. The van der Waals surface area contributed by atoms with Gasteiger partial charge in [-0.2, -0.15) is 0 Å². The molecule has 2 N–H and O–H groups in total. The van der Waals surface area contributed by atoms with Crippen LogP contribution in [0.4, 0.5) is 4.79 Å². The van der Waals surface area contributed by atoms with Crippen molar-refractivity contribution >= 4 is 6.03 Å². The molecule has 0 aliphatic rings. The monoisotopic (exact) mass is 222 g/mol. The summed E-state index contributed by atoms with van der Waals surface area (Å²) in [6, 6.07) is 6.66. The van der Waals surface area contributed by atoms with E-state index in [0.29, 0.717) is 6.54 Å². The minimum Gasteiger partial charge on any atom is -0.508 e. The van der Waals surface area contributed by atoms with E-state index in [0.717, 1.165) is 5.56 Å². The molecule has 1 aromatic carbocycles. The van der Waals surface area contributed by atoms with Crippen molar-refractivity contribution in [3.8, 4) is 5.75 Å². The molecule has 16 heavy (non-hydrogen) atoms. The average Bonchev–Trinajstić information content (AvgIpc) is 2.28. The Morgan fingerprint density at radius 2 is 2.00 bits per heavy atom. The number of carbonyl (C=O) groups excluding carboxylic acids is 1. The van der Waals surface area contributed by atoms with Gasteiger partial charge in [-0.15, -0.1) is 0 Å². The number of hydrogen-bond donors (Lipinski definition) is 2. The minimum absolute atomic E-state index is 0.0675. The van der Waals surface area contributed by atoms with Gasteiger partial charge in [0, 0.05) is 13.6 Å². The Morgan fingerprint density at radius 3 is 2.50 bits per heavy atom. The van der Waals surface area contributed by atoms with Crippen LogP contribution in [0.5, 0.6) is 5.75 Å². The molecule has 1 rings (SSSR count). The third-order valence-corrected chi connectivity index (χ3v) is 2.55. The molecule has 0 saturated heterocycles. The first-order chi connectivity index (χ1) is 7.54. The van der Waals surface area contributed by atoms with Crippen molar-refractivity contribution in [1.29, 1.82) is 0 Å². The number of urea groups is 1. The van der Waals surface area contributed by atoms with E-state index in [1.54, 1.807) is 36.2 Å². The van der Waals surface area contributed by atoms with Crippen LogP contribution >= 0.6 is 0 Å². The number of rotatable bonds is 3. The topological polar surface area (TPSA) is 52.6 Å². The lowest BCUT2D eigenvalue weighted by molar-refractivity contribution is 0.208. The molecule has 0 aliphatic heterocycles. The number of phenols is 1. The Balaban J connectivity index is 2.62. The van der Waals surface area contributed by atoms with Crippen LogP contribution < -0.4 is 5.32 Å². The smallest absolute Gasteiger partial charge is 0.317 e. The zero-order valence-corrected chi connectivity index (χ0v) is 9.90. The summed E-state index contributed by atoms with van der Waals surface area (Å²) in [6.07, 6.45) is 0. The molecule has 4 nitrogen and oxygen atoms in total. The van der Waals surface area contributed by atoms with Gasteiger partial charge in [0.2, 0.25) is 0 Å². The number of amides is 2. The van der Waals surface area contributed by atoms with E-state index in [4.69, 9.17) is 5.11 Å². The van der Waals surface area contributed by atoms with Gasteiger partial charge in [0.05, 0.1) is 6.04 Å². The maximum Gasteiger partial charge on any atom is 0.317 e. The molecular formula is C12H18N2O2. The summed E-state index contributed by atoms with van der Waals surface area (Å²) in [5.41, 5.74) is 0.968. The zero-order valence-electron chi connectivity index (χ0n) is 9.90. The fourth-order valence-electron chi connectivity index (χ4n) is 1.29. The van der Waals surface area contributed by atoms with Crippen molar-refractivity contribution in [2.45, 2.75) is 19.9 Å². The van der Waals surface area contributed by atoms with Crippen molar-refractivity contribution in [1.82, 2.24) is 10.2 Å². The molecule has 0 bridgehead atoms. The quantitative estimate of drug-likeness (QED) is 0.823. The number of phenolic OH excluding ortho intramolecular Hbond substituents is 1. The van der Waals surface area contributed by atoms with Gasteiger partial charge in [-0.3, -0.25) is 0 Å². The average molecular weight is 222 g/mol. The summed E-state index contributed by atoms with van der Waals surface area (Å²) in [7, 11) is 1.75. The molecular weight excluding hydrogens is 204 g/mol. The van der Waals surface area contributed by atoms with Crippen LogP contribution in [0.1, 0.15) is 25.5 Å². The van der Waals surface area contributed by atoms with Gasteiger partial charge >= 0.3 is 6.03 Å². The number of hydrogen-bond acceptors (Lipinski definition) is 2. The number of nitrogens with one attached hydrogen (secondary N) is 1. The number of nitrogens with zero attached hydrogens (tertiary/aromatic N) is 1. The highest BCUT2D eigenvalue weighted by atomic mass is 16.3. The predicted octanol–water partition coefficient (Wildman–Crippen LogP) is 2.11. The third-order valence-electron chi connectivity index (χ3n) is 2.55. The van der Waals surface area contributed by atoms with Crippen LogP contribution in [-0.2, 0) is 0 Å². The second-order valence-electron chi connectivity index (χ2n) is 3.78. The molecule has 0 fully saturated rings. The maximum absolute atomic E-state index is 11.6. The molecule has 2 amide bonds. The molecule has 0 heterocycles. The van der Waals surface area contributed by atoms with Gasteiger partial charge in [0.15, 0.2) is 0 Å². The molecule has 1 aromatic rings. The van der Waals surface area contributed by atoms with Gasteiger partial charge in [-0.05, 0) is 31.5 Å². The van der Waals surface area contributed by atoms with Crippen molar-refractivity contribution in [3.63, 3.8) is 0 Å². The van der Waals surface area contributed by atoms with Crippen LogP contribution in [0.15, 0.2) is 24.3 Å². The predicted molar refractivity (Wildman–Crippen MR) is 63.4 cm³/mol.